The van der Waals surface area contributed by atoms with E-state index in [1.807, 2.05) is 54.4 Å². The van der Waals surface area contributed by atoms with Gasteiger partial charge in [-0.1, -0.05) is 48.5 Å². The van der Waals surface area contributed by atoms with E-state index in [1.165, 1.54) is 19.1 Å². The van der Waals surface area contributed by atoms with Crippen molar-refractivity contribution >= 4 is 17.7 Å². The lowest BCUT2D eigenvalue weighted by Crippen LogP contribution is -2.51. The van der Waals surface area contributed by atoms with Gasteiger partial charge < -0.3 is 19.3 Å². The summed E-state index contributed by atoms with van der Waals surface area (Å²) in [6.45, 7) is 2.38. The highest BCUT2D eigenvalue weighted by atomic mass is 16.5. The van der Waals surface area contributed by atoms with Crippen molar-refractivity contribution in [2.24, 2.45) is 0 Å². The lowest BCUT2D eigenvalue weighted by molar-refractivity contribution is -0.144. The molecule has 0 aliphatic carbocycles. The van der Waals surface area contributed by atoms with Gasteiger partial charge in [0, 0.05) is 45.1 Å². The van der Waals surface area contributed by atoms with Crippen LogP contribution in [0.4, 0.5) is 0 Å². The third kappa shape index (κ3) is 4.81. The summed E-state index contributed by atoms with van der Waals surface area (Å²) in [5, 5.41) is 0. The minimum atomic E-state index is -1.32. The number of amides is 3. The molecule has 4 rings (SSSR count). The molecule has 2 saturated heterocycles. The Kier molecular flexibility index (Phi) is 7.52. The van der Waals surface area contributed by atoms with Crippen LogP contribution in [0.3, 0.4) is 0 Å². The Hall–Kier alpha value is -3.23. The quantitative estimate of drug-likeness (QED) is 0.541. The van der Waals surface area contributed by atoms with Gasteiger partial charge in [-0.3, -0.25) is 19.3 Å². The number of carbonyl (C=O) groups excluding carboxylic acids is 3. The van der Waals surface area contributed by atoms with Gasteiger partial charge in [0.25, 0.3) is 0 Å². The molecule has 2 aromatic rings. The summed E-state index contributed by atoms with van der Waals surface area (Å²) in [4.78, 5) is 46.1. The standard InChI is InChI=1S/C27H33N3O5/c1-28-13-14-29(22(19-28)20-9-5-4-6-10-20)24(31)17-27(21-11-7-8-12-23(21)35-3)18-25(32)30(26(27)33)15-16-34-2/h4-12,22H,13-19H2,1-3H3/t22-,27+/m1/s1. The van der Waals surface area contributed by atoms with E-state index in [0.717, 1.165) is 12.1 Å². The molecule has 3 amide bonds. The van der Waals surface area contributed by atoms with E-state index >= 15 is 0 Å². The number of piperazine rings is 1. The molecule has 2 heterocycles. The minimum Gasteiger partial charge on any atom is -0.496 e. The monoisotopic (exact) mass is 479 g/mol. The molecule has 0 spiro atoms. The fourth-order valence-corrected chi connectivity index (χ4v) is 5.23. The Morgan fingerprint density at radius 1 is 1.03 bits per heavy atom. The number of hydrogen-bond donors (Lipinski definition) is 0. The average Bonchev–Trinajstić information content (AvgIpc) is 3.12. The van der Waals surface area contributed by atoms with Crippen LogP contribution in [0.15, 0.2) is 54.6 Å². The summed E-state index contributed by atoms with van der Waals surface area (Å²) < 4.78 is 10.7. The third-order valence-electron chi connectivity index (χ3n) is 7.09. The maximum Gasteiger partial charge on any atom is 0.241 e. The molecule has 2 aromatic carbocycles. The van der Waals surface area contributed by atoms with Crippen molar-refractivity contribution in [2.45, 2.75) is 24.3 Å². The molecule has 0 bridgehead atoms. The fourth-order valence-electron chi connectivity index (χ4n) is 5.23. The summed E-state index contributed by atoms with van der Waals surface area (Å²) in [5.74, 6) is -0.327. The van der Waals surface area contributed by atoms with Crippen molar-refractivity contribution < 1.29 is 23.9 Å². The second-order valence-corrected chi connectivity index (χ2v) is 9.26. The number of likely N-dealkylation sites (N-methyl/N-ethyl adjacent to an activating group) is 1. The summed E-state index contributed by atoms with van der Waals surface area (Å²) in [6, 6.07) is 17.0. The summed E-state index contributed by atoms with van der Waals surface area (Å²) in [5.41, 5.74) is 0.299. The van der Waals surface area contributed by atoms with Crippen molar-refractivity contribution in [3.63, 3.8) is 0 Å². The van der Waals surface area contributed by atoms with Gasteiger partial charge in [-0.05, 0) is 18.7 Å². The van der Waals surface area contributed by atoms with Gasteiger partial charge in [0.05, 0.1) is 31.7 Å². The predicted octanol–water partition coefficient (Wildman–Crippen LogP) is 2.24. The Morgan fingerprint density at radius 3 is 2.46 bits per heavy atom. The predicted molar refractivity (Wildman–Crippen MR) is 131 cm³/mol. The van der Waals surface area contributed by atoms with Gasteiger partial charge in [-0.2, -0.15) is 0 Å². The molecule has 0 radical (unpaired) electrons. The van der Waals surface area contributed by atoms with E-state index < -0.39 is 5.41 Å². The topological polar surface area (TPSA) is 79.4 Å². The van der Waals surface area contributed by atoms with E-state index in [-0.39, 0.29) is 49.8 Å². The molecule has 35 heavy (non-hydrogen) atoms. The molecule has 186 valence electrons. The second-order valence-electron chi connectivity index (χ2n) is 9.26. The maximum absolute atomic E-state index is 14.0. The van der Waals surface area contributed by atoms with Gasteiger partial charge in [0.2, 0.25) is 17.7 Å². The van der Waals surface area contributed by atoms with Gasteiger partial charge in [0.1, 0.15) is 5.75 Å². The second kappa shape index (κ2) is 10.6. The average molecular weight is 480 g/mol. The molecule has 8 heteroatoms. The number of imide groups is 1. The van der Waals surface area contributed by atoms with E-state index in [0.29, 0.717) is 24.4 Å². The fraction of sp³-hybridized carbons (Fsp3) is 0.444. The van der Waals surface area contributed by atoms with Crippen molar-refractivity contribution in [1.29, 1.82) is 0 Å². The molecule has 2 atom stereocenters. The number of hydrogen-bond acceptors (Lipinski definition) is 6. The minimum absolute atomic E-state index is 0.0780. The van der Waals surface area contributed by atoms with Crippen LogP contribution in [0.1, 0.15) is 30.0 Å². The summed E-state index contributed by atoms with van der Waals surface area (Å²) >= 11 is 0. The van der Waals surface area contributed by atoms with Crippen LogP contribution in [0, 0.1) is 0 Å². The van der Waals surface area contributed by atoms with Gasteiger partial charge >= 0.3 is 0 Å². The molecular formula is C27H33N3O5. The Labute approximate surface area is 206 Å². The Balaban J connectivity index is 1.72. The zero-order chi connectivity index (χ0) is 25.0. The zero-order valence-electron chi connectivity index (χ0n) is 20.6. The molecular weight excluding hydrogens is 446 g/mol. The van der Waals surface area contributed by atoms with Gasteiger partial charge in [0.15, 0.2) is 0 Å². The Bertz CT molecular complexity index is 1080. The molecule has 0 saturated carbocycles. The number of likely N-dealkylation sites (tertiary alicyclic amines) is 1. The summed E-state index contributed by atoms with van der Waals surface area (Å²) in [7, 11) is 5.10. The normalized spacial score (nSPS) is 23.1. The van der Waals surface area contributed by atoms with Crippen LogP contribution in [0.5, 0.6) is 5.75 Å². The van der Waals surface area contributed by atoms with Crippen molar-refractivity contribution in [3.8, 4) is 5.75 Å². The maximum atomic E-state index is 14.0. The van der Waals surface area contributed by atoms with E-state index in [4.69, 9.17) is 9.47 Å². The highest BCUT2D eigenvalue weighted by molar-refractivity contribution is 6.11. The van der Waals surface area contributed by atoms with Crippen molar-refractivity contribution in [1.82, 2.24) is 14.7 Å². The first kappa shape index (κ1) is 24.9. The first-order valence-electron chi connectivity index (χ1n) is 11.9. The van der Waals surface area contributed by atoms with Gasteiger partial charge in [-0.25, -0.2) is 0 Å². The highest BCUT2D eigenvalue weighted by Gasteiger charge is 2.55. The lowest BCUT2D eigenvalue weighted by atomic mass is 9.75. The number of nitrogens with zero attached hydrogens (tertiary/aromatic N) is 3. The Morgan fingerprint density at radius 2 is 1.74 bits per heavy atom. The number of benzene rings is 2. The SMILES string of the molecule is COCCN1C(=O)C[C@@](CC(=O)N2CCN(C)C[C@@H]2c2ccccc2)(c2ccccc2OC)C1=O. The van der Waals surface area contributed by atoms with Gasteiger partial charge in [-0.15, -0.1) is 0 Å². The third-order valence-corrected chi connectivity index (χ3v) is 7.09. The number of para-hydroxylation sites is 1. The first-order valence-corrected chi connectivity index (χ1v) is 11.9. The van der Waals surface area contributed by atoms with Crippen LogP contribution in [0.25, 0.3) is 0 Å². The molecule has 2 aliphatic heterocycles. The summed E-state index contributed by atoms with van der Waals surface area (Å²) in [6.07, 6.45) is -0.181. The zero-order valence-corrected chi connectivity index (χ0v) is 20.6. The number of ether oxygens (including phenoxy) is 2. The van der Waals surface area contributed by atoms with E-state index in [2.05, 4.69) is 4.90 Å². The number of rotatable bonds is 8. The molecule has 0 N–H and O–H groups in total. The van der Waals surface area contributed by atoms with Crippen molar-refractivity contribution in [2.75, 3.05) is 54.1 Å². The van der Waals surface area contributed by atoms with Crippen LogP contribution in [-0.4, -0.2) is 86.5 Å². The largest absolute Gasteiger partial charge is 0.496 e. The van der Waals surface area contributed by atoms with Crippen LogP contribution < -0.4 is 4.74 Å². The van der Waals surface area contributed by atoms with E-state index in [1.54, 1.807) is 12.1 Å². The molecule has 0 unspecified atom stereocenters. The van der Waals surface area contributed by atoms with Crippen LogP contribution in [-0.2, 0) is 24.5 Å². The van der Waals surface area contributed by atoms with Crippen molar-refractivity contribution in [3.05, 3.63) is 65.7 Å². The van der Waals surface area contributed by atoms with Crippen LogP contribution >= 0.6 is 0 Å². The number of methoxy groups -OCH3 is 2. The smallest absolute Gasteiger partial charge is 0.241 e. The molecule has 2 aliphatic rings. The van der Waals surface area contributed by atoms with E-state index in [9.17, 15) is 14.4 Å². The van der Waals surface area contributed by atoms with Crippen LogP contribution in [0.2, 0.25) is 0 Å². The molecule has 0 aromatic heterocycles. The number of carbonyl (C=O) groups is 3. The lowest BCUT2D eigenvalue weighted by Gasteiger charge is -2.41. The molecule has 2 fully saturated rings. The first-order chi connectivity index (χ1) is 16.9. The molecule has 8 nitrogen and oxygen atoms in total. The highest BCUT2D eigenvalue weighted by Crippen LogP contribution is 2.44.